The van der Waals surface area contributed by atoms with Crippen LogP contribution in [0.5, 0.6) is 11.5 Å². The number of ether oxygens (including phenoxy) is 2. The average molecular weight is 285 g/mol. The summed E-state index contributed by atoms with van der Waals surface area (Å²) >= 11 is 0. The van der Waals surface area contributed by atoms with Gasteiger partial charge in [0.25, 0.3) is 0 Å². The van der Waals surface area contributed by atoms with E-state index in [-0.39, 0.29) is 0 Å². The Labute approximate surface area is 122 Å². The van der Waals surface area contributed by atoms with Crippen molar-refractivity contribution in [2.75, 3.05) is 12.5 Å². The molecule has 2 rings (SSSR count). The molecule has 0 atom stereocenters. The van der Waals surface area contributed by atoms with Crippen molar-refractivity contribution in [1.82, 2.24) is 4.98 Å². The van der Waals surface area contributed by atoms with Crippen LogP contribution in [0, 0.1) is 0 Å². The monoisotopic (exact) mass is 285 g/mol. The molecule has 0 aliphatic carbocycles. The third-order valence-corrected chi connectivity index (χ3v) is 2.50. The molecule has 0 spiro atoms. The number of aromatic nitrogens is 1. The lowest BCUT2D eigenvalue weighted by Gasteiger charge is -2.08. The Morgan fingerprint density at radius 2 is 2.14 bits per heavy atom. The van der Waals surface area contributed by atoms with E-state index in [9.17, 15) is 4.79 Å². The van der Waals surface area contributed by atoms with E-state index in [0.717, 1.165) is 5.56 Å². The predicted octanol–water partition coefficient (Wildman–Crippen LogP) is 2.46. The summed E-state index contributed by atoms with van der Waals surface area (Å²) in [6, 6.07) is 10.6. The van der Waals surface area contributed by atoms with Gasteiger partial charge in [0.1, 0.15) is 5.82 Å². The molecule has 0 unspecified atom stereocenters. The quantitative estimate of drug-likeness (QED) is 0.395. The Morgan fingerprint density at radius 1 is 1.29 bits per heavy atom. The standard InChI is InChI=1S/C15H15N3O3/c1-11(19)21-13-7-6-12(9-14(13)20-2)10-17-18-15-5-3-4-8-16-15/h3-10H,1-2H3,(H,16,18)/b17-10-. The Hall–Kier alpha value is -2.89. The smallest absolute Gasteiger partial charge is 0.308 e. The molecule has 21 heavy (non-hydrogen) atoms. The second-order valence-corrected chi connectivity index (χ2v) is 4.09. The second-order valence-electron chi connectivity index (χ2n) is 4.09. The summed E-state index contributed by atoms with van der Waals surface area (Å²) in [5.41, 5.74) is 3.61. The third kappa shape index (κ3) is 4.31. The van der Waals surface area contributed by atoms with Gasteiger partial charge in [-0.3, -0.25) is 10.2 Å². The van der Waals surface area contributed by atoms with Crippen molar-refractivity contribution in [3.05, 3.63) is 48.2 Å². The van der Waals surface area contributed by atoms with E-state index in [1.165, 1.54) is 14.0 Å². The highest BCUT2D eigenvalue weighted by Gasteiger charge is 2.07. The highest BCUT2D eigenvalue weighted by molar-refractivity contribution is 5.82. The van der Waals surface area contributed by atoms with Gasteiger partial charge < -0.3 is 9.47 Å². The maximum absolute atomic E-state index is 11.0. The molecule has 1 heterocycles. The molecule has 0 fully saturated rings. The highest BCUT2D eigenvalue weighted by atomic mass is 16.6. The Bertz CT molecular complexity index is 642. The normalized spacial score (nSPS) is 10.4. The maximum atomic E-state index is 11.0. The average Bonchev–Trinajstić information content (AvgIpc) is 2.49. The Morgan fingerprint density at radius 3 is 2.81 bits per heavy atom. The van der Waals surface area contributed by atoms with Gasteiger partial charge in [-0.25, -0.2) is 4.98 Å². The predicted molar refractivity (Wildman–Crippen MR) is 79.8 cm³/mol. The fourth-order valence-corrected chi connectivity index (χ4v) is 1.61. The van der Waals surface area contributed by atoms with Crippen LogP contribution >= 0.6 is 0 Å². The summed E-state index contributed by atoms with van der Waals surface area (Å²) in [7, 11) is 1.51. The topological polar surface area (TPSA) is 72.8 Å². The molecule has 0 aliphatic rings. The van der Waals surface area contributed by atoms with E-state index in [4.69, 9.17) is 9.47 Å². The summed E-state index contributed by atoms with van der Waals surface area (Å²) in [6.45, 7) is 1.34. The molecule has 6 nitrogen and oxygen atoms in total. The number of hydrazone groups is 1. The first-order chi connectivity index (χ1) is 10.2. The van der Waals surface area contributed by atoms with Gasteiger partial charge in [0.15, 0.2) is 11.5 Å². The van der Waals surface area contributed by atoms with Crippen molar-refractivity contribution in [1.29, 1.82) is 0 Å². The van der Waals surface area contributed by atoms with Gasteiger partial charge in [-0.1, -0.05) is 6.07 Å². The van der Waals surface area contributed by atoms with Crippen molar-refractivity contribution in [3.8, 4) is 11.5 Å². The molecular weight excluding hydrogens is 270 g/mol. The van der Waals surface area contributed by atoms with Crippen LogP contribution in [0.3, 0.4) is 0 Å². The number of benzene rings is 1. The van der Waals surface area contributed by atoms with E-state index >= 15 is 0 Å². The fourth-order valence-electron chi connectivity index (χ4n) is 1.61. The molecule has 1 aromatic carbocycles. The first-order valence-electron chi connectivity index (χ1n) is 6.25. The first-order valence-corrected chi connectivity index (χ1v) is 6.25. The number of hydrogen-bond acceptors (Lipinski definition) is 6. The molecule has 0 bridgehead atoms. The highest BCUT2D eigenvalue weighted by Crippen LogP contribution is 2.27. The molecule has 1 N–H and O–H groups in total. The van der Waals surface area contributed by atoms with E-state index in [1.54, 1.807) is 30.6 Å². The SMILES string of the molecule is COc1cc(/C=N\Nc2ccccn2)ccc1OC(C)=O. The van der Waals surface area contributed by atoms with E-state index in [2.05, 4.69) is 15.5 Å². The lowest BCUT2D eigenvalue weighted by atomic mass is 10.2. The largest absolute Gasteiger partial charge is 0.493 e. The molecule has 6 heteroatoms. The molecule has 1 aromatic heterocycles. The van der Waals surface area contributed by atoms with Crippen LogP contribution in [0.4, 0.5) is 5.82 Å². The van der Waals surface area contributed by atoms with Crippen LogP contribution in [0.2, 0.25) is 0 Å². The number of hydrogen-bond donors (Lipinski definition) is 1. The molecule has 108 valence electrons. The zero-order valence-electron chi connectivity index (χ0n) is 11.7. The number of esters is 1. The number of carbonyl (C=O) groups excluding carboxylic acids is 1. The minimum atomic E-state index is -0.397. The zero-order chi connectivity index (χ0) is 15.1. The number of rotatable bonds is 5. The molecule has 0 saturated heterocycles. The van der Waals surface area contributed by atoms with Crippen molar-refractivity contribution >= 4 is 18.0 Å². The minimum absolute atomic E-state index is 0.375. The van der Waals surface area contributed by atoms with Crippen LogP contribution in [-0.2, 0) is 4.79 Å². The van der Waals surface area contributed by atoms with Crippen LogP contribution in [0.1, 0.15) is 12.5 Å². The fraction of sp³-hybridized carbons (Fsp3) is 0.133. The lowest BCUT2D eigenvalue weighted by Crippen LogP contribution is -2.03. The van der Waals surface area contributed by atoms with Crippen molar-refractivity contribution in [3.63, 3.8) is 0 Å². The minimum Gasteiger partial charge on any atom is -0.493 e. The molecule has 2 aromatic rings. The lowest BCUT2D eigenvalue weighted by molar-refractivity contribution is -0.132. The van der Waals surface area contributed by atoms with Gasteiger partial charge in [0.05, 0.1) is 13.3 Å². The maximum Gasteiger partial charge on any atom is 0.308 e. The van der Waals surface area contributed by atoms with Gasteiger partial charge in [-0.05, 0) is 35.9 Å². The molecule has 0 radical (unpaired) electrons. The first kappa shape index (κ1) is 14.5. The number of pyridine rings is 1. The van der Waals surface area contributed by atoms with E-state index in [0.29, 0.717) is 17.3 Å². The van der Waals surface area contributed by atoms with Crippen molar-refractivity contribution in [2.24, 2.45) is 5.10 Å². The molecule has 0 saturated carbocycles. The van der Waals surface area contributed by atoms with Crippen LogP contribution in [0.15, 0.2) is 47.7 Å². The van der Waals surface area contributed by atoms with Crippen LogP contribution in [0.25, 0.3) is 0 Å². The van der Waals surface area contributed by atoms with E-state index < -0.39 is 5.97 Å². The van der Waals surface area contributed by atoms with Gasteiger partial charge in [-0.2, -0.15) is 5.10 Å². The molecule has 0 aliphatic heterocycles. The molecule has 0 amide bonds. The van der Waals surface area contributed by atoms with Gasteiger partial charge in [0.2, 0.25) is 0 Å². The Balaban J connectivity index is 2.08. The van der Waals surface area contributed by atoms with Crippen LogP contribution in [-0.4, -0.2) is 24.3 Å². The van der Waals surface area contributed by atoms with Gasteiger partial charge in [0, 0.05) is 13.1 Å². The van der Waals surface area contributed by atoms with Gasteiger partial charge >= 0.3 is 5.97 Å². The van der Waals surface area contributed by atoms with Crippen molar-refractivity contribution < 1.29 is 14.3 Å². The molecular formula is C15H15N3O3. The second kappa shape index (κ2) is 7.04. The summed E-state index contributed by atoms with van der Waals surface area (Å²) in [5.74, 6) is 1.09. The third-order valence-electron chi connectivity index (χ3n) is 2.50. The van der Waals surface area contributed by atoms with E-state index in [1.807, 2.05) is 18.2 Å². The van der Waals surface area contributed by atoms with Crippen LogP contribution < -0.4 is 14.9 Å². The number of anilines is 1. The summed E-state index contributed by atoms with van der Waals surface area (Å²) in [5, 5.41) is 4.08. The summed E-state index contributed by atoms with van der Waals surface area (Å²) in [4.78, 5) is 15.1. The summed E-state index contributed by atoms with van der Waals surface area (Å²) in [6.07, 6.45) is 3.30. The number of carbonyl (C=O) groups is 1. The zero-order valence-corrected chi connectivity index (χ0v) is 11.7. The Kier molecular flexibility index (Phi) is 4.87. The number of nitrogens with zero attached hydrogens (tertiary/aromatic N) is 2. The van der Waals surface area contributed by atoms with Crippen molar-refractivity contribution in [2.45, 2.75) is 6.92 Å². The van der Waals surface area contributed by atoms with Gasteiger partial charge in [-0.15, -0.1) is 0 Å². The summed E-state index contributed by atoms with van der Waals surface area (Å²) < 4.78 is 10.2. The number of nitrogens with one attached hydrogen (secondary N) is 1. The number of methoxy groups -OCH3 is 1.